The van der Waals surface area contributed by atoms with Crippen LogP contribution in [0.15, 0.2) is 53.3 Å². The van der Waals surface area contributed by atoms with E-state index in [2.05, 4.69) is 10.4 Å². The minimum absolute atomic E-state index is 0.159. The Balaban J connectivity index is 1.79. The van der Waals surface area contributed by atoms with E-state index in [1.54, 1.807) is 23.2 Å². The van der Waals surface area contributed by atoms with Crippen LogP contribution < -0.4 is 5.32 Å². The normalized spacial score (nSPS) is 10.6. The Bertz CT molecular complexity index is 788. The quantitative estimate of drug-likeness (QED) is 0.805. The van der Waals surface area contributed by atoms with Crippen molar-refractivity contribution in [3.63, 3.8) is 0 Å². The zero-order valence-corrected chi connectivity index (χ0v) is 12.5. The van der Waals surface area contributed by atoms with Gasteiger partial charge in [-0.25, -0.2) is 4.68 Å². The fraction of sp³-hybridized carbons (Fsp3) is 0.176. The van der Waals surface area contributed by atoms with E-state index in [1.807, 2.05) is 44.2 Å². The molecule has 5 nitrogen and oxygen atoms in total. The summed E-state index contributed by atoms with van der Waals surface area (Å²) in [6.07, 6.45) is 3.18. The van der Waals surface area contributed by atoms with Gasteiger partial charge in [-0.3, -0.25) is 4.79 Å². The van der Waals surface area contributed by atoms with Gasteiger partial charge in [-0.05, 0) is 43.7 Å². The highest BCUT2D eigenvalue weighted by Gasteiger charge is 2.15. The number of nitrogens with zero attached hydrogens (tertiary/aromatic N) is 2. The summed E-state index contributed by atoms with van der Waals surface area (Å²) in [4.78, 5) is 12.3. The van der Waals surface area contributed by atoms with Crippen LogP contribution in [0.1, 0.15) is 27.4 Å². The molecule has 0 radical (unpaired) electrons. The third-order valence-corrected chi connectivity index (χ3v) is 3.50. The van der Waals surface area contributed by atoms with Gasteiger partial charge in [-0.1, -0.05) is 12.1 Å². The van der Waals surface area contributed by atoms with Gasteiger partial charge in [0.2, 0.25) is 0 Å². The van der Waals surface area contributed by atoms with Gasteiger partial charge in [0.1, 0.15) is 5.76 Å². The number of amides is 1. The zero-order chi connectivity index (χ0) is 15.5. The van der Waals surface area contributed by atoms with Gasteiger partial charge in [0.25, 0.3) is 5.91 Å². The number of aromatic nitrogens is 2. The Kier molecular flexibility index (Phi) is 3.78. The largest absolute Gasteiger partial charge is 0.467 e. The van der Waals surface area contributed by atoms with Crippen molar-refractivity contribution in [2.75, 3.05) is 0 Å². The molecule has 0 spiro atoms. The minimum atomic E-state index is -0.159. The summed E-state index contributed by atoms with van der Waals surface area (Å²) in [6.45, 7) is 4.28. The molecule has 3 aromatic rings. The second kappa shape index (κ2) is 5.89. The van der Waals surface area contributed by atoms with Crippen molar-refractivity contribution in [1.29, 1.82) is 0 Å². The second-order valence-electron chi connectivity index (χ2n) is 5.16. The Labute approximate surface area is 128 Å². The van der Waals surface area contributed by atoms with Gasteiger partial charge >= 0.3 is 0 Å². The van der Waals surface area contributed by atoms with E-state index in [0.29, 0.717) is 12.1 Å². The fourth-order valence-electron chi connectivity index (χ4n) is 2.33. The SMILES string of the molecule is Cc1cccc(-n2ncc(C(=O)NCc3ccco3)c2C)c1. The highest BCUT2D eigenvalue weighted by molar-refractivity contribution is 5.95. The van der Waals surface area contributed by atoms with Crippen molar-refractivity contribution in [3.05, 3.63) is 71.4 Å². The van der Waals surface area contributed by atoms with E-state index in [-0.39, 0.29) is 5.91 Å². The molecule has 0 aliphatic heterocycles. The lowest BCUT2D eigenvalue weighted by Crippen LogP contribution is -2.23. The zero-order valence-electron chi connectivity index (χ0n) is 12.5. The molecule has 0 saturated heterocycles. The number of hydrogen-bond acceptors (Lipinski definition) is 3. The average Bonchev–Trinajstić information content (AvgIpc) is 3.14. The molecule has 0 atom stereocenters. The van der Waals surface area contributed by atoms with Crippen LogP contribution in [-0.2, 0) is 6.54 Å². The Hall–Kier alpha value is -2.82. The van der Waals surface area contributed by atoms with E-state index in [0.717, 1.165) is 22.7 Å². The monoisotopic (exact) mass is 295 g/mol. The number of nitrogens with one attached hydrogen (secondary N) is 1. The molecule has 0 aliphatic rings. The first-order valence-corrected chi connectivity index (χ1v) is 7.07. The van der Waals surface area contributed by atoms with Crippen LogP contribution in [0.4, 0.5) is 0 Å². The standard InChI is InChI=1S/C17H17N3O2/c1-12-5-3-6-14(9-12)20-13(2)16(11-19-20)17(21)18-10-15-7-4-8-22-15/h3-9,11H,10H2,1-2H3,(H,18,21). The molecule has 2 heterocycles. The lowest BCUT2D eigenvalue weighted by molar-refractivity contribution is 0.0947. The Morgan fingerprint density at radius 1 is 1.27 bits per heavy atom. The molecule has 0 fully saturated rings. The molecule has 112 valence electrons. The first-order valence-electron chi connectivity index (χ1n) is 7.07. The van der Waals surface area contributed by atoms with Gasteiger partial charge in [0, 0.05) is 0 Å². The topological polar surface area (TPSA) is 60.1 Å². The lowest BCUT2D eigenvalue weighted by Gasteiger charge is -2.06. The van der Waals surface area contributed by atoms with Crippen LogP contribution in [0.3, 0.4) is 0 Å². The highest BCUT2D eigenvalue weighted by atomic mass is 16.3. The third-order valence-electron chi connectivity index (χ3n) is 3.50. The smallest absolute Gasteiger partial charge is 0.255 e. The van der Waals surface area contributed by atoms with Crippen LogP contribution in [0, 0.1) is 13.8 Å². The Morgan fingerprint density at radius 3 is 2.86 bits per heavy atom. The third kappa shape index (κ3) is 2.79. The van der Waals surface area contributed by atoms with Crippen LogP contribution >= 0.6 is 0 Å². The summed E-state index contributed by atoms with van der Waals surface area (Å²) in [5.41, 5.74) is 3.47. The van der Waals surface area contributed by atoms with E-state index >= 15 is 0 Å². The summed E-state index contributed by atoms with van der Waals surface area (Å²) in [5, 5.41) is 7.16. The number of benzene rings is 1. The summed E-state index contributed by atoms with van der Waals surface area (Å²) < 4.78 is 6.97. The van der Waals surface area contributed by atoms with Gasteiger partial charge in [0.15, 0.2) is 0 Å². The van der Waals surface area contributed by atoms with Crippen molar-refractivity contribution in [3.8, 4) is 5.69 Å². The number of aryl methyl sites for hydroxylation is 1. The summed E-state index contributed by atoms with van der Waals surface area (Å²) in [7, 11) is 0. The molecular formula is C17H17N3O2. The number of hydrogen-bond donors (Lipinski definition) is 1. The minimum Gasteiger partial charge on any atom is -0.467 e. The van der Waals surface area contributed by atoms with E-state index in [4.69, 9.17) is 4.42 Å². The first-order chi connectivity index (χ1) is 10.6. The summed E-state index contributed by atoms with van der Waals surface area (Å²) in [5.74, 6) is 0.560. The average molecular weight is 295 g/mol. The van der Waals surface area contributed by atoms with Gasteiger partial charge < -0.3 is 9.73 Å². The van der Waals surface area contributed by atoms with Crippen LogP contribution in [0.5, 0.6) is 0 Å². The van der Waals surface area contributed by atoms with Crippen LogP contribution in [0.2, 0.25) is 0 Å². The summed E-state index contributed by atoms with van der Waals surface area (Å²) >= 11 is 0. The van der Waals surface area contributed by atoms with Crippen molar-refractivity contribution < 1.29 is 9.21 Å². The molecule has 1 amide bonds. The number of carbonyl (C=O) groups is 1. The van der Waals surface area contributed by atoms with E-state index in [9.17, 15) is 4.79 Å². The molecule has 2 aromatic heterocycles. The summed E-state index contributed by atoms with van der Waals surface area (Å²) in [6, 6.07) is 11.6. The second-order valence-corrected chi connectivity index (χ2v) is 5.16. The predicted molar refractivity (Wildman–Crippen MR) is 82.9 cm³/mol. The molecule has 1 aromatic carbocycles. The molecule has 5 heteroatoms. The molecule has 3 rings (SSSR count). The molecule has 0 unspecified atom stereocenters. The number of carbonyl (C=O) groups excluding carboxylic acids is 1. The predicted octanol–water partition coefficient (Wildman–Crippen LogP) is 3.01. The van der Waals surface area contributed by atoms with Crippen LogP contribution in [0.25, 0.3) is 5.69 Å². The van der Waals surface area contributed by atoms with Crippen molar-refractivity contribution in [1.82, 2.24) is 15.1 Å². The maximum absolute atomic E-state index is 12.3. The maximum Gasteiger partial charge on any atom is 0.255 e. The van der Waals surface area contributed by atoms with Gasteiger partial charge in [0.05, 0.1) is 35.9 Å². The molecule has 0 saturated carbocycles. The molecule has 1 N–H and O–H groups in total. The Morgan fingerprint density at radius 2 is 2.14 bits per heavy atom. The molecule has 0 bridgehead atoms. The van der Waals surface area contributed by atoms with Gasteiger partial charge in [-0.15, -0.1) is 0 Å². The van der Waals surface area contributed by atoms with Crippen LogP contribution in [-0.4, -0.2) is 15.7 Å². The molecular weight excluding hydrogens is 278 g/mol. The lowest BCUT2D eigenvalue weighted by atomic mass is 10.2. The molecule has 22 heavy (non-hydrogen) atoms. The fourth-order valence-corrected chi connectivity index (χ4v) is 2.33. The first kappa shape index (κ1) is 14.1. The molecule has 0 aliphatic carbocycles. The highest BCUT2D eigenvalue weighted by Crippen LogP contribution is 2.15. The number of furan rings is 1. The van der Waals surface area contributed by atoms with Crippen molar-refractivity contribution >= 4 is 5.91 Å². The van der Waals surface area contributed by atoms with Crippen molar-refractivity contribution in [2.45, 2.75) is 20.4 Å². The van der Waals surface area contributed by atoms with E-state index in [1.165, 1.54) is 0 Å². The van der Waals surface area contributed by atoms with Crippen molar-refractivity contribution in [2.24, 2.45) is 0 Å². The van der Waals surface area contributed by atoms with E-state index < -0.39 is 0 Å². The maximum atomic E-state index is 12.3. The van der Waals surface area contributed by atoms with Gasteiger partial charge in [-0.2, -0.15) is 5.10 Å². The number of rotatable bonds is 4.